The smallest absolute Gasteiger partial charge is 0.308 e. The second-order valence-corrected chi connectivity index (χ2v) is 7.66. The summed E-state index contributed by atoms with van der Waals surface area (Å²) in [7, 11) is -3.55. The lowest BCUT2D eigenvalue weighted by Crippen LogP contribution is -2.11. The molecule has 23 heavy (non-hydrogen) atoms. The van der Waals surface area contributed by atoms with Crippen LogP contribution in [0.2, 0.25) is 0 Å². The van der Waals surface area contributed by atoms with Crippen LogP contribution in [0.1, 0.15) is 6.92 Å². The quantitative estimate of drug-likeness (QED) is 0.678. The van der Waals surface area contributed by atoms with Gasteiger partial charge in [0.15, 0.2) is 0 Å². The first-order chi connectivity index (χ1) is 11.0. The Labute approximate surface area is 137 Å². The first-order valence-electron chi connectivity index (χ1n) is 6.91. The van der Waals surface area contributed by atoms with Gasteiger partial charge in [0, 0.05) is 10.3 Å². The van der Waals surface area contributed by atoms with Crippen molar-refractivity contribution in [3.8, 4) is 16.3 Å². The van der Waals surface area contributed by atoms with Gasteiger partial charge in [-0.15, -0.1) is 11.3 Å². The highest BCUT2D eigenvalue weighted by Crippen LogP contribution is 2.27. The normalized spacial score (nSPS) is 11.5. The maximum Gasteiger partial charge on any atom is 0.308 e. The molecule has 0 saturated heterocycles. The van der Waals surface area contributed by atoms with Crippen LogP contribution in [0.15, 0.2) is 53.3 Å². The SMILES string of the molecule is CCS(=O)(=O)Oc1ccc(-c2nc(=O)c3ccccc3s2)cc1. The van der Waals surface area contributed by atoms with Crippen LogP contribution in [0, 0.1) is 0 Å². The number of benzene rings is 2. The average Bonchev–Trinajstić information content (AvgIpc) is 2.55. The Balaban J connectivity index is 1.98. The lowest BCUT2D eigenvalue weighted by Gasteiger charge is -2.06. The van der Waals surface area contributed by atoms with Crippen molar-refractivity contribution in [2.24, 2.45) is 0 Å². The van der Waals surface area contributed by atoms with Crippen molar-refractivity contribution in [2.75, 3.05) is 5.75 Å². The molecule has 3 rings (SSSR count). The zero-order valence-corrected chi connectivity index (χ0v) is 13.9. The Hall–Kier alpha value is -2.25. The largest absolute Gasteiger partial charge is 0.382 e. The highest BCUT2D eigenvalue weighted by atomic mass is 32.2. The van der Waals surface area contributed by atoms with E-state index in [1.165, 1.54) is 18.3 Å². The standard InChI is InChI=1S/C16H13NO4S2/c1-2-23(19,20)21-12-9-7-11(8-10-12)16-17-15(18)13-5-3-4-6-14(13)22-16/h3-10H,2H2,1H3. The van der Waals surface area contributed by atoms with Crippen LogP contribution in [0.25, 0.3) is 20.7 Å². The van der Waals surface area contributed by atoms with Gasteiger partial charge in [0.25, 0.3) is 5.56 Å². The van der Waals surface area contributed by atoms with E-state index in [0.717, 1.165) is 10.3 Å². The topological polar surface area (TPSA) is 73.3 Å². The number of hydrogen-bond acceptors (Lipinski definition) is 6. The van der Waals surface area contributed by atoms with E-state index in [9.17, 15) is 13.2 Å². The van der Waals surface area contributed by atoms with Crippen LogP contribution in [-0.2, 0) is 10.1 Å². The lowest BCUT2D eigenvalue weighted by atomic mass is 10.2. The molecule has 7 heteroatoms. The molecule has 0 fully saturated rings. The number of fused-ring (bicyclic) bond motifs is 1. The fourth-order valence-electron chi connectivity index (χ4n) is 1.99. The van der Waals surface area contributed by atoms with Crippen molar-refractivity contribution < 1.29 is 12.6 Å². The van der Waals surface area contributed by atoms with Gasteiger partial charge in [-0.3, -0.25) is 4.79 Å². The number of nitrogens with zero attached hydrogens (tertiary/aromatic N) is 1. The molecule has 5 nitrogen and oxygen atoms in total. The molecule has 1 aromatic heterocycles. The van der Waals surface area contributed by atoms with Crippen LogP contribution in [0.5, 0.6) is 5.75 Å². The predicted molar refractivity (Wildman–Crippen MR) is 91.4 cm³/mol. The highest BCUT2D eigenvalue weighted by molar-refractivity contribution is 7.87. The van der Waals surface area contributed by atoms with E-state index in [-0.39, 0.29) is 17.1 Å². The van der Waals surface area contributed by atoms with Gasteiger partial charge in [0.2, 0.25) is 0 Å². The van der Waals surface area contributed by atoms with Gasteiger partial charge in [-0.05, 0) is 43.3 Å². The summed E-state index contributed by atoms with van der Waals surface area (Å²) < 4.78 is 28.7. The molecule has 0 amide bonds. The molecule has 0 unspecified atom stereocenters. The molecule has 0 saturated carbocycles. The first-order valence-corrected chi connectivity index (χ1v) is 9.30. The van der Waals surface area contributed by atoms with Gasteiger partial charge in [0.1, 0.15) is 10.8 Å². The van der Waals surface area contributed by atoms with E-state index in [0.29, 0.717) is 10.4 Å². The van der Waals surface area contributed by atoms with Crippen molar-refractivity contribution in [3.63, 3.8) is 0 Å². The zero-order chi connectivity index (χ0) is 16.4. The van der Waals surface area contributed by atoms with Gasteiger partial charge in [0.05, 0.1) is 11.1 Å². The molecule has 0 atom stereocenters. The first kappa shape index (κ1) is 15.6. The Kier molecular flexibility index (Phi) is 4.14. The van der Waals surface area contributed by atoms with Gasteiger partial charge < -0.3 is 4.18 Å². The van der Waals surface area contributed by atoms with Crippen LogP contribution >= 0.6 is 11.3 Å². The van der Waals surface area contributed by atoms with Gasteiger partial charge in [-0.25, -0.2) is 0 Å². The molecular weight excluding hydrogens is 334 g/mol. The van der Waals surface area contributed by atoms with Crippen LogP contribution in [0.3, 0.4) is 0 Å². The third-order valence-corrected chi connectivity index (χ3v) is 5.45. The van der Waals surface area contributed by atoms with E-state index in [4.69, 9.17) is 4.18 Å². The molecule has 1 heterocycles. The Morgan fingerprint density at radius 2 is 1.78 bits per heavy atom. The number of hydrogen-bond donors (Lipinski definition) is 0. The average molecular weight is 347 g/mol. The summed E-state index contributed by atoms with van der Waals surface area (Å²) in [5.74, 6) is 0.145. The molecule has 0 aliphatic rings. The van der Waals surface area contributed by atoms with E-state index >= 15 is 0 Å². The third-order valence-electron chi connectivity index (χ3n) is 3.21. The van der Waals surface area contributed by atoms with Gasteiger partial charge in [-0.1, -0.05) is 12.1 Å². The van der Waals surface area contributed by atoms with E-state index in [1.54, 1.807) is 36.4 Å². The maximum atomic E-state index is 12.1. The summed E-state index contributed by atoms with van der Waals surface area (Å²) in [4.78, 5) is 16.2. The minimum Gasteiger partial charge on any atom is -0.382 e. The van der Waals surface area contributed by atoms with E-state index < -0.39 is 10.1 Å². The zero-order valence-electron chi connectivity index (χ0n) is 12.2. The fourth-order valence-corrected chi connectivity index (χ4v) is 3.52. The summed E-state index contributed by atoms with van der Waals surface area (Å²) in [5.41, 5.74) is 0.460. The minimum absolute atomic E-state index is 0.0946. The monoisotopic (exact) mass is 347 g/mol. The van der Waals surface area contributed by atoms with Gasteiger partial charge >= 0.3 is 10.1 Å². The van der Waals surface area contributed by atoms with Crippen molar-refractivity contribution in [3.05, 3.63) is 58.9 Å². The summed E-state index contributed by atoms with van der Waals surface area (Å²) in [6, 6.07) is 13.8. The lowest BCUT2D eigenvalue weighted by molar-refractivity contribution is 0.487. The summed E-state index contributed by atoms with van der Waals surface area (Å²) in [6.07, 6.45) is 0. The molecular formula is C16H13NO4S2. The summed E-state index contributed by atoms with van der Waals surface area (Å²) in [5, 5.41) is 1.17. The summed E-state index contributed by atoms with van der Waals surface area (Å²) >= 11 is 1.41. The molecule has 0 spiro atoms. The third kappa shape index (κ3) is 3.40. The van der Waals surface area contributed by atoms with E-state index in [1.807, 2.05) is 12.1 Å². The predicted octanol–water partition coefficient (Wildman–Crippen LogP) is 3.05. The van der Waals surface area contributed by atoms with Crippen LogP contribution in [0.4, 0.5) is 0 Å². The van der Waals surface area contributed by atoms with Crippen molar-refractivity contribution in [1.29, 1.82) is 0 Å². The second-order valence-electron chi connectivity index (χ2n) is 4.77. The van der Waals surface area contributed by atoms with Gasteiger partial charge in [-0.2, -0.15) is 13.4 Å². The second kappa shape index (κ2) is 6.10. The fraction of sp³-hybridized carbons (Fsp3) is 0.125. The molecule has 118 valence electrons. The molecule has 0 aliphatic heterocycles. The molecule has 0 N–H and O–H groups in total. The number of aromatic nitrogens is 1. The van der Waals surface area contributed by atoms with Crippen molar-refractivity contribution in [2.45, 2.75) is 6.92 Å². The molecule has 2 aromatic carbocycles. The molecule has 0 radical (unpaired) electrons. The molecule has 3 aromatic rings. The maximum absolute atomic E-state index is 12.1. The molecule has 0 aliphatic carbocycles. The Morgan fingerprint density at radius 1 is 1.09 bits per heavy atom. The van der Waals surface area contributed by atoms with Crippen LogP contribution in [-0.4, -0.2) is 19.2 Å². The van der Waals surface area contributed by atoms with E-state index in [2.05, 4.69) is 4.98 Å². The highest BCUT2D eigenvalue weighted by Gasteiger charge is 2.10. The molecule has 0 bridgehead atoms. The summed E-state index contributed by atoms with van der Waals surface area (Å²) in [6.45, 7) is 1.51. The van der Waals surface area contributed by atoms with Crippen molar-refractivity contribution in [1.82, 2.24) is 4.98 Å². The number of rotatable bonds is 4. The Bertz CT molecular complexity index is 1010. The minimum atomic E-state index is -3.55. The van der Waals surface area contributed by atoms with Crippen molar-refractivity contribution >= 4 is 31.5 Å². The van der Waals surface area contributed by atoms with Crippen LogP contribution < -0.4 is 9.74 Å². The Morgan fingerprint density at radius 3 is 2.48 bits per heavy atom.